The summed E-state index contributed by atoms with van der Waals surface area (Å²) in [6.07, 6.45) is 2.61. The van der Waals surface area contributed by atoms with Gasteiger partial charge in [0, 0.05) is 17.0 Å². The number of H-pyrrole nitrogens is 1. The fourth-order valence-electron chi connectivity index (χ4n) is 3.99. The summed E-state index contributed by atoms with van der Waals surface area (Å²) < 4.78 is 0. The van der Waals surface area contributed by atoms with E-state index in [1.54, 1.807) is 4.90 Å². The van der Waals surface area contributed by atoms with E-state index in [-0.39, 0.29) is 5.43 Å². The normalized spacial score (nSPS) is 22.2. The molecule has 0 spiro atoms. The number of piperidine rings is 1. The second-order valence-corrected chi connectivity index (χ2v) is 7.19. The highest BCUT2D eigenvalue weighted by Gasteiger charge is 2.22. The average Bonchev–Trinajstić information content (AvgIpc) is 2.42. The molecule has 2 atom stereocenters. The van der Waals surface area contributed by atoms with E-state index in [2.05, 4.69) is 31.0 Å². The number of hydrogen-bond donors (Lipinski definition) is 2. The SMILES string of the molecule is Cc1cc(C)c2c(=O)c(C[NH+]3CCC[C@@H](C)C3)c(C)[nH]c2c1. The highest BCUT2D eigenvalue weighted by Crippen LogP contribution is 2.17. The van der Waals surface area contributed by atoms with Gasteiger partial charge in [-0.3, -0.25) is 4.79 Å². The topological polar surface area (TPSA) is 37.3 Å². The van der Waals surface area contributed by atoms with Crippen LogP contribution in [0.25, 0.3) is 10.9 Å². The molecule has 1 unspecified atom stereocenters. The van der Waals surface area contributed by atoms with E-state index in [0.717, 1.165) is 40.2 Å². The van der Waals surface area contributed by atoms with Crippen molar-refractivity contribution >= 4 is 10.9 Å². The number of fused-ring (bicyclic) bond motifs is 1. The number of aromatic amines is 1. The van der Waals surface area contributed by atoms with Crippen molar-refractivity contribution in [3.05, 3.63) is 44.7 Å². The third-order valence-corrected chi connectivity index (χ3v) is 5.05. The largest absolute Gasteiger partial charge is 0.358 e. The molecule has 1 aliphatic heterocycles. The molecule has 1 aliphatic rings. The van der Waals surface area contributed by atoms with Gasteiger partial charge in [-0.05, 0) is 50.8 Å². The van der Waals surface area contributed by atoms with Crippen LogP contribution in [0.2, 0.25) is 0 Å². The van der Waals surface area contributed by atoms with E-state index in [9.17, 15) is 4.79 Å². The monoisotopic (exact) mass is 299 g/mol. The Morgan fingerprint density at radius 3 is 2.77 bits per heavy atom. The van der Waals surface area contributed by atoms with Gasteiger partial charge in [0.1, 0.15) is 6.54 Å². The molecule has 0 amide bonds. The number of quaternary nitrogens is 1. The lowest BCUT2D eigenvalue weighted by Gasteiger charge is -2.28. The summed E-state index contributed by atoms with van der Waals surface area (Å²) in [5.41, 5.74) is 5.50. The second kappa shape index (κ2) is 5.88. The van der Waals surface area contributed by atoms with Crippen molar-refractivity contribution in [2.75, 3.05) is 13.1 Å². The molecule has 22 heavy (non-hydrogen) atoms. The smallest absolute Gasteiger partial charge is 0.198 e. The minimum absolute atomic E-state index is 0.231. The van der Waals surface area contributed by atoms with E-state index in [0.29, 0.717) is 0 Å². The summed E-state index contributed by atoms with van der Waals surface area (Å²) in [5, 5.41) is 0.871. The van der Waals surface area contributed by atoms with Crippen LogP contribution >= 0.6 is 0 Å². The molecule has 1 aromatic heterocycles. The summed E-state index contributed by atoms with van der Waals surface area (Å²) in [6.45, 7) is 11.7. The first-order valence-corrected chi connectivity index (χ1v) is 8.42. The van der Waals surface area contributed by atoms with Crippen LogP contribution < -0.4 is 10.3 Å². The van der Waals surface area contributed by atoms with Gasteiger partial charge in [0.25, 0.3) is 0 Å². The van der Waals surface area contributed by atoms with Crippen molar-refractivity contribution in [1.29, 1.82) is 0 Å². The van der Waals surface area contributed by atoms with Crippen LogP contribution in [0.15, 0.2) is 16.9 Å². The van der Waals surface area contributed by atoms with Gasteiger partial charge in [-0.15, -0.1) is 0 Å². The molecule has 3 rings (SSSR count). The standard InChI is InChI=1S/C19H26N2O/c1-12-6-5-7-21(10-12)11-16-15(4)20-17-9-13(2)8-14(3)18(17)19(16)22/h8-9,12H,5-7,10-11H2,1-4H3,(H,20,22)/p+1/t12-/m1/s1. The van der Waals surface area contributed by atoms with Crippen LogP contribution in [-0.4, -0.2) is 18.1 Å². The zero-order chi connectivity index (χ0) is 15.9. The minimum atomic E-state index is 0.231. The first-order chi connectivity index (χ1) is 10.5. The Morgan fingerprint density at radius 1 is 1.27 bits per heavy atom. The maximum Gasteiger partial charge on any atom is 0.198 e. The quantitative estimate of drug-likeness (QED) is 0.877. The highest BCUT2D eigenvalue weighted by atomic mass is 16.1. The number of hydrogen-bond acceptors (Lipinski definition) is 1. The van der Waals surface area contributed by atoms with Crippen LogP contribution in [0.1, 0.15) is 42.1 Å². The zero-order valence-corrected chi connectivity index (χ0v) is 14.2. The molecule has 3 heteroatoms. The lowest BCUT2D eigenvalue weighted by atomic mass is 9.98. The fourth-order valence-corrected chi connectivity index (χ4v) is 3.99. The first kappa shape index (κ1) is 15.3. The van der Waals surface area contributed by atoms with Crippen molar-refractivity contribution in [2.45, 2.75) is 47.1 Å². The Kier molecular flexibility index (Phi) is 4.09. The Balaban J connectivity index is 2.04. The minimum Gasteiger partial charge on any atom is -0.358 e. The highest BCUT2D eigenvalue weighted by molar-refractivity contribution is 5.83. The van der Waals surface area contributed by atoms with Gasteiger partial charge in [-0.2, -0.15) is 0 Å². The third-order valence-electron chi connectivity index (χ3n) is 5.05. The maximum atomic E-state index is 13.0. The lowest BCUT2D eigenvalue weighted by molar-refractivity contribution is -0.922. The number of likely N-dealkylation sites (tertiary alicyclic amines) is 1. The van der Waals surface area contributed by atoms with E-state index in [1.165, 1.54) is 31.5 Å². The average molecular weight is 299 g/mol. The van der Waals surface area contributed by atoms with Crippen LogP contribution in [0.3, 0.4) is 0 Å². The van der Waals surface area contributed by atoms with Crippen molar-refractivity contribution < 1.29 is 4.90 Å². The molecule has 3 nitrogen and oxygen atoms in total. The third kappa shape index (κ3) is 2.82. The molecule has 2 heterocycles. The molecule has 0 saturated carbocycles. The molecule has 1 fully saturated rings. The van der Waals surface area contributed by atoms with Gasteiger partial charge in [0.2, 0.25) is 0 Å². The van der Waals surface area contributed by atoms with Gasteiger partial charge in [-0.25, -0.2) is 0 Å². The lowest BCUT2D eigenvalue weighted by Crippen LogP contribution is -3.12. The van der Waals surface area contributed by atoms with Crippen LogP contribution in [0, 0.1) is 26.7 Å². The van der Waals surface area contributed by atoms with Crippen molar-refractivity contribution in [3.63, 3.8) is 0 Å². The van der Waals surface area contributed by atoms with Gasteiger partial charge in [-0.1, -0.05) is 13.0 Å². The number of rotatable bonds is 2. The molecule has 1 aromatic carbocycles. The summed E-state index contributed by atoms with van der Waals surface area (Å²) in [4.78, 5) is 18.0. The van der Waals surface area contributed by atoms with Crippen LogP contribution in [-0.2, 0) is 6.54 Å². The molecule has 0 aliphatic carbocycles. The number of pyridine rings is 1. The van der Waals surface area contributed by atoms with Crippen LogP contribution in [0.5, 0.6) is 0 Å². The van der Waals surface area contributed by atoms with Crippen molar-refractivity contribution in [2.24, 2.45) is 5.92 Å². The zero-order valence-electron chi connectivity index (χ0n) is 14.2. The Labute approximate surface area is 132 Å². The van der Waals surface area contributed by atoms with E-state index < -0.39 is 0 Å². The Morgan fingerprint density at radius 2 is 2.05 bits per heavy atom. The molecular weight excluding hydrogens is 272 g/mol. The number of aromatic nitrogens is 1. The number of benzene rings is 1. The van der Waals surface area contributed by atoms with Gasteiger partial charge < -0.3 is 9.88 Å². The maximum absolute atomic E-state index is 13.0. The molecule has 118 valence electrons. The van der Waals surface area contributed by atoms with E-state index >= 15 is 0 Å². The molecule has 2 aromatic rings. The molecular formula is C19H27N2O+. The summed E-state index contributed by atoms with van der Waals surface area (Å²) in [5.74, 6) is 0.771. The summed E-state index contributed by atoms with van der Waals surface area (Å²) >= 11 is 0. The predicted octanol–water partition coefficient (Wildman–Crippen LogP) is 2.27. The molecule has 0 radical (unpaired) electrons. The first-order valence-electron chi connectivity index (χ1n) is 8.42. The summed E-state index contributed by atoms with van der Waals surface area (Å²) in [6, 6.07) is 4.18. The Hall–Kier alpha value is -1.61. The van der Waals surface area contributed by atoms with E-state index in [1.807, 2.05) is 13.8 Å². The molecule has 1 saturated heterocycles. The Bertz CT molecular complexity index is 760. The van der Waals surface area contributed by atoms with Gasteiger partial charge in [0.05, 0.1) is 24.2 Å². The van der Waals surface area contributed by atoms with Crippen LogP contribution in [0.4, 0.5) is 0 Å². The molecule has 0 bridgehead atoms. The number of aryl methyl sites for hydroxylation is 3. The summed E-state index contributed by atoms with van der Waals surface area (Å²) in [7, 11) is 0. The second-order valence-electron chi connectivity index (χ2n) is 7.19. The van der Waals surface area contributed by atoms with Crippen molar-refractivity contribution in [1.82, 2.24) is 4.98 Å². The molecule has 2 N–H and O–H groups in total. The number of nitrogens with one attached hydrogen (secondary N) is 2. The fraction of sp³-hybridized carbons (Fsp3) is 0.526. The van der Waals surface area contributed by atoms with E-state index in [4.69, 9.17) is 0 Å². The van der Waals surface area contributed by atoms with Crippen molar-refractivity contribution in [3.8, 4) is 0 Å². The predicted molar refractivity (Wildman–Crippen MR) is 91.6 cm³/mol. The van der Waals surface area contributed by atoms with Gasteiger partial charge in [0.15, 0.2) is 5.43 Å². The van der Waals surface area contributed by atoms with Gasteiger partial charge >= 0.3 is 0 Å².